The van der Waals surface area contributed by atoms with Crippen LogP contribution in [0.5, 0.6) is 5.75 Å². The lowest BCUT2D eigenvalue weighted by Crippen LogP contribution is -2.48. The molecule has 4 heterocycles. The standard InChI is InChI=1S/C27H33ClF2N6O4S/c1-4-36-20-8-7-17(9-18(20)21-22(25(36)37)40-13-27(29,30)23(33-21)16-5-6-16)32-24-19(28)10-31-26(34-24)35-11-14(2)41(38,39)15(3)12-35/h7-10,14-16,23,33,38-39H,4-6,11-13H2,1-3H3,(H,31,32,34)/t14?,15?,23-/m0/s1. The Bertz CT molecular complexity index is 1560. The first-order valence-corrected chi connectivity index (χ1v) is 15.7. The first kappa shape index (κ1) is 28.3. The SMILES string of the molecule is CCn1c(=O)c2c(c3cc(Nc4nc(N5CC(C)S(O)(O)C(C)C5)ncc4Cl)ccc31)N[C@@H](C1CC1)C(F)(F)CO2. The largest absolute Gasteiger partial charge is 0.480 e. The lowest BCUT2D eigenvalue weighted by atomic mass is 10.0. The molecule has 41 heavy (non-hydrogen) atoms. The van der Waals surface area contributed by atoms with Crippen LogP contribution in [0.15, 0.2) is 29.2 Å². The minimum Gasteiger partial charge on any atom is -0.480 e. The van der Waals surface area contributed by atoms with Crippen LogP contribution in [0.4, 0.5) is 31.9 Å². The van der Waals surface area contributed by atoms with Gasteiger partial charge in [-0.05, 0) is 57.7 Å². The average Bonchev–Trinajstić information content (AvgIpc) is 3.77. The van der Waals surface area contributed by atoms with E-state index in [1.54, 1.807) is 32.0 Å². The van der Waals surface area contributed by atoms with Crippen molar-refractivity contribution in [1.82, 2.24) is 14.5 Å². The van der Waals surface area contributed by atoms with Crippen LogP contribution < -0.4 is 25.8 Å². The molecule has 2 aromatic heterocycles. The molecule has 4 N–H and O–H groups in total. The zero-order chi connectivity index (χ0) is 29.3. The number of pyridine rings is 1. The number of aromatic nitrogens is 3. The molecule has 0 radical (unpaired) electrons. The van der Waals surface area contributed by atoms with Crippen LogP contribution in [-0.2, 0) is 6.54 Å². The summed E-state index contributed by atoms with van der Waals surface area (Å²) in [5, 5.41) is 6.34. The van der Waals surface area contributed by atoms with Crippen molar-refractivity contribution >= 4 is 56.2 Å². The molecule has 3 atom stereocenters. The van der Waals surface area contributed by atoms with E-state index < -0.39 is 34.7 Å². The Hall–Kier alpha value is -2.87. The van der Waals surface area contributed by atoms with Gasteiger partial charge in [-0.15, -0.1) is 0 Å². The van der Waals surface area contributed by atoms with E-state index in [0.717, 1.165) is 0 Å². The van der Waals surface area contributed by atoms with Crippen molar-refractivity contribution in [2.45, 2.75) is 62.6 Å². The lowest BCUT2D eigenvalue weighted by molar-refractivity contribution is -0.0579. The van der Waals surface area contributed by atoms with Crippen molar-refractivity contribution in [1.29, 1.82) is 0 Å². The molecule has 0 amide bonds. The number of hydrogen-bond acceptors (Lipinski definition) is 9. The van der Waals surface area contributed by atoms with Crippen LogP contribution in [0.25, 0.3) is 10.9 Å². The van der Waals surface area contributed by atoms with Gasteiger partial charge in [0, 0.05) is 30.7 Å². The number of nitrogens with one attached hydrogen (secondary N) is 2. The molecule has 14 heteroatoms. The van der Waals surface area contributed by atoms with Gasteiger partial charge in [-0.25, -0.2) is 13.8 Å². The number of ether oxygens (including phenoxy) is 1. The molecule has 2 aliphatic heterocycles. The normalized spacial score (nSPS) is 26.0. The minimum atomic E-state index is -3.13. The Morgan fingerprint density at radius 3 is 2.61 bits per heavy atom. The first-order chi connectivity index (χ1) is 19.4. The molecule has 3 aliphatic rings. The summed E-state index contributed by atoms with van der Waals surface area (Å²) >= 11 is 6.46. The summed E-state index contributed by atoms with van der Waals surface area (Å²) < 4.78 is 58.0. The predicted octanol–water partition coefficient (Wildman–Crippen LogP) is 5.77. The number of anilines is 4. The van der Waals surface area contributed by atoms with Crippen molar-refractivity contribution in [2.24, 2.45) is 5.92 Å². The summed E-state index contributed by atoms with van der Waals surface area (Å²) in [5.41, 5.74) is 0.961. The summed E-state index contributed by atoms with van der Waals surface area (Å²) in [6, 6.07) is 4.16. The fourth-order valence-corrected chi connectivity index (χ4v) is 7.45. The monoisotopic (exact) mass is 610 g/mol. The van der Waals surface area contributed by atoms with E-state index in [0.29, 0.717) is 60.8 Å². The van der Waals surface area contributed by atoms with Gasteiger partial charge in [0.25, 0.3) is 5.56 Å². The predicted molar refractivity (Wildman–Crippen MR) is 159 cm³/mol. The molecule has 1 aromatic carbocycles. The highest BCUT2D eigenvalue weighted by Crippen LogP contribution is 2.52. The molecule has 222 valence electrons. The number of halogens is 3. The van der Waals surface area contributed by atoms with Crippen LogP contribution in [0.2, 0.25) is 5.02 Å². The lowest BCUT2D eigenvalue weighted by Gasteiger charge is -2.50. The van der Waals surface area contributed by atoms with Crippen molar-refractivity contribution in [3.8, 4) is 5.75 Å². The number of rotatable bonds is 5. The third kappa shape index (κ3) is 4.96. The zero-order valence-electron chi connectivity index (χ0n) is 22.9. The van der Waals surface area contributed by atoms with Crippen LogP contribution in [-0.4, -0.2) is 65.8 Å². The smallest absolute Gasteiger partial charge is 0.301 e. The Balaban J connectivity index is 1.38. The molecule has 2 fully saturated rings. The molecule has 1 saturated heterocycles. The third-order valence-corrected chi connectivity index (χ3v) is 11.2. The Morgan fingerprint density at radius 1 is 1.24 bits per heavy atom. The molecular weight excluding hydrogens is 578 g/mol. The first-order valence-electron chi connectivity index (χ1n) is 13.7. The average molecular weight is 611 g/mol. The summed E-state index contributed by atoms with van der Waals surface area (Å²) in [7, 11) is -2.73. The van der Waals surface area contributed by atoms with E-state index in [4.69, 9.17) is 16.3 Å². The Morgan fingerprint density at radius 2 is 1.95 bits per heavy atom. The zero-order valence-corrected chi connectivity index (χ0v) is 24.5. The van der Waals surface area contributed by atoms with Gasteiger partial charge in [0.05, 0.1) is 33.9 Å². The Labute approximate surface area is 242 Å². The van der Waals surface area contributed by atoms with E-state index >= 15 is 8.78 Å². The van der Waals surface area contributed by atoms with E-state index in [-0.39, 0.29) is 32.9 Å². The van der Waals surface area contributed by atoms with Crippen LogP contribution >= 0.6 is 22.2 Å². The highest BCUT2D eigenvalue weighted by Gasteiger charge is 2.51. The number of nitrogens with zero attached hydrogens (tertiary/aromatic N) is 4. The van der Waals surface area contributed by atoms with E-state index in [9.17, 15) is 13.9 Å². The maximum absolute atomic E-state index is 15.0. The van der Waals surface area contributed by atoms with Gasteiger partial charge < -0.3 is 24.8 Å². The van der Waals surface area contributed by atoms with Gasteiger partial charge in [0.2, 0.25) is 11.7 Å². The molecule has 6 rings (SSSR count). The summed E-state index contributed by atoms with van der Waals surface area (Å²) in [6.07, 6.45) is 2.87. The molecule has 3 aromatic rings. The van der Waals surface area contributed by atoms with E-state index in [1.807, 2.05) is 11.8 Å². The maximum Gasteiger partial charge on any atom is 0.301 e. The summed E-state index contributed by atoms with van der Waals surface area (Å²) in [4.78, 5) is 24.2. The van der Waals surface area contributed by atoms with E-state index in [1.165, 1.54) is 10.8 Å². The molecule has 1 aliphatic carbocycles. The fourth-order valence-electron chi connectivity index (χ4n) is 5.72. The number of fused-ring (bicyclic) bond motifs is 3. The minimum absolute atomic E-state index is 0.110. The second kappa shape index (κ2) is 10.1. The molecule has 0 spiro atoms. The van der Waals surface area contributed by atoms with Crippen LogP contribution in [0, 0.1) is 5.92 Å². The highest BCUT2D eigenvalue weighted by atomic mass is 35.5. The fraction of sp³-hybridized carbons (Fsp3) is 0.519. The van der Waals surface area contributed by atoms with Crippen molar-refractivity contribution in [3.63, 3.8) is 0 Å². The number of benzene rings is 1. The van der Waals surface area contributed by atoms with Crippen LogP contribution in [0.3, 0.4) is 0 Å². The van der Waals surface area contributed by atoms with Crippen molar-refractivity contribution in [3.05, 3.63) is 39.8 Å². The van der Waals surface area contributed by atoms with Gasteiger partial charge in [0.1, 0.15) is 5.02 Å². The van der Waals surface area contributed by atoms with Gasteiger partial charge >= 0.3 is 5.92 Å². The highest BCUT2D eigenvalue weighted by molar-refractivity contribution is 8.25. The molecular formula is C27H33ClF2N6O4S. The van der Waals surface area contributed by atoms with Gasteiger partial charge in [-0.2, -0.15) is 15.6 Å². The third-order valence-electron chi connectivity index (χ3n) is 8.21. The summed E-state index contributed by atoms with van der Waals surface area (Å²) in [6.45, 7) is 5.63. The summed E-state index contributed by atoms with van der Waals surface area (Å²) in [5.74, 6) is -2.71. The van der Waals surface area contributed by atoms with Gasteiger partial charge in [-0.3, -0.25) is 13.9 Å². The molecule has 10 nitrogen and oxygen atoms in total. The maximum atomic E-state index is 15.0. The second-order valence-electron chi connectivity index (χ2n) is 11.2. The van der Waals surface area contributed by atoms with Gasteiger partial charge in [-0.1, -0.05) is 11.6 Å². The van der Waals surface area contributed by atoms with Gasteiger partial charge in [0.15, 0.2) is 12.4 Å². The number of alkyl halides is 2. The van der Waals surface area contributed by atoms with Crippen molar-refractivity contribution < 1.29 is 22.6 Å². The molecule has 1 saturated carbocycles. The van der Waals surface area contributed by atoms with Crippen molar-refractivity contribution in [2.75, 3.05) is 35.2 Å². The molecule has 2 unspecified atom stereocenters. The number of hydrogen-bond donors (Lipinski definition) is 4. The number of aryl methyl sites for hydroxylation is 1. The van der Waals surface area contributed by atoms with Crippen LogP contribution in [0.1, 0.15) is 33.6 Å². The molecule has 0 bridgehead atoms. The second-order valence-corrected chi connectivity index (χ2v) is 14.4. The Kier molecular flexibility index (Phi) is 6.99. The quantitative estimate of drug-likeness (QED) is 0.285. The topological polar surface area (TPSA) is 125 Å². The van der Waals surface area contributed by atoms with E-state index in [2.05, 4.69) is 20.6 Å².